The first-order chi connectivity index (χ1) is 14.2. The predicted octanol–water partition coefficient (Wildman–Crippen LogP) is 4.03. The summed E-state index contributed by atoms with van der Waals surface area (Å²) in [6.45, 7) is 3.95. The van der Waals surface area contributed by atoms with Crippen molar-refractivity contribution >= 4 is 28.5 Å². The quantitative estimate of drug-likeness (QED) is 0.659. The molecule has 0 radical (unpaired) electrons. The van der Waals surface area contributed by atoms with Crippen molar-refractivity contribution in [1.29, 1.82) is 0 Å². The Hall–Kier alpha value is -3.12. The van der Waals surface area contributed by atoms with Crippen LogP contribution in [0.4, 0.5) is 5.69 Å². The van der Waals surface area contributed by atoms with Crippen molar-refractivity contribution in [2.45, 2.75) is 32.9 Å². The molecule has 0 aliphatic carbocycles. The highest BCUT2D eigenvalue weighted by Crippen LogP contribution is 2.27. The van der Waals surface area contributed by atoms with Crippen LogP contribution >= 0.6 is 0 Å². The lowest BCUT2D eigenvalue weighted by Crippen LogP contribution is -2.24. The molecule has 0 spiro atoms. The molecule has 2 aromatic carbocycles. The zero-order valence-electron chi connectivity index (χ0n) is 16.4. The summed E-state index contributed by atoms with van der Waals surface area (Å²) in [5, 5.41) is 3.82. The van der Waals surface area contributed by atoms with Crippen LogP contribution in [0.1, 0.15) is 41.4 Å². The molecule has 1 N–H and O–H groups in total. The molecule has 1 aliphatic heterocycles. The second kappa shape index (κ2) is 8.49. The van der Waals surface area contributed by atoms with E-state index in [1.165, 1.54) is 0 Å². The molecule has 0 saturated carbocycles. The van der Waals surface area contributed by atoms with Gasteiger partial charge in [-0.1, -0.05) is 30.3 Å². The molecule has 1 saturated heterocycles. The fourth-order valence-electron chi connectivity index (χ4n) is 3.61. The number of carbonyl (C=O) groups is 2. The molecule has 4 rings (SSSR count). The molecule has 3 aromatic rings. The van der Waals surface area contributed by atoms with Crippen LogP contribution < -0.4 is 10.2 Å². The van der Waals surface area contributed by atoms with Gasteiger partial charge in [-0.05, 0) is 37.1 Å². The standard InChI is InChI=1S/C23H24N2O4/c1-2-28-15-19-18-6-3-4-7-20(18)29-22(19)23(27)24-14-16-9-11-17(12-10-16)25-13-5-8-21(25)26/h3-4,6-7,9-12H,2,5,8,13-15H2,1H3,(H,24,27). The number of anilines is 1. The van der Waals surface area contributed by atoms with Crippen LogP contribution in [0.25, 0.3) is 11.0 Å². The fraction of sp³-hybridized carbons (Fsp3) is 0.304. The van der Waals surface area contributed by atoms with Gasteiger partial charge in [0.2, 0.25) is 5.91 Å². The van der Waals surface area contributed by atoms with E-state index in [0.29, 0.717) is 37.5 Å². The number of nitrogens with one attached hydrogen (secondary N) is 1. The Morgan fingerprint density at radius 2 is 1.97 bits per heavy atom. The van der Waals surface area contributed by atoms with E-state index in [0.717, 1.165) is 35.2 Å². The lowest BCUT2D eigenvalue weighted by Gasteiger charge is -2.16. The van der Waals surface area contributed by atoms with E-state index in [4.69, 9.17) is 9.15 Å². The van der Waals surface area contributed by atoms with Crippen LogP contribution in [0.15, 0.2) is 52.9 Å². The number of hydrogen-bond acceptors (Lipinski definition) is 4. The molecule has 1 aliphatic rings. The maximum atomic E-state index is 12.8. The third kappa shape index (κ3) is 4.03. The SMILES string of the molecule is CCOCc1c(C(=O)NCc2ccc(N3CCCC3=O)cc2)oc2ccccc12. The second-order valence-corrected chi connectivity index (χ2v) is 7.04. The molecule has 6 heteroatoms. The van der Waals surface area contributed by atoms with Crippen molar-refractivity contribution in [2.24, 2.45) is 0 Å². The first kappa shape index (κ1) is 19.2. The number of rotatable bonds is 7. The maximum absolute atomic E-state index is 12.8. The van der Waals surface area contributed by atoms with Gasteiger partial charge in [0.1, 0.15) is 5.58 Å². The second-order valence-electron chi connectivity index (χ2n) is 7.04. The molecule has 6 nitrogen and oxygen atoms in total. The molecule has 0 unspecified atom stereocenters. The molecule has 1 fully saturated rings. The van der Waals surface area contributed by atoms with E-state index >= 15 is 0 Å². The molecule has 150 valence electrons. The number of amides is 2. The summed E-state index contributed by atoms with van der Waals surface area (Å²) < 4.78 is 11.3. The molecule has 0 atom stereocenters. The number of ether oxygens (including phenoxy) is 1. The highest BCUT2D eigenvalue weighted by molar-refractivity contribution is 5.99. The average Bonchev–Trinajstić information content (AvgIpc) is 3.34. The third-order valence-corrected chi connectivity index (χ3v) is 5.13. The minimum atomic E-state index is -0.269. The molecule has 2 amide bonds. The molecular formula is C23H24N2O4. The van der Waals surface area contributed by atoms with Crippen molar-refractivity contribution in [3.8, 4) is 0 Å². The minimum Gasteiger partial charge on any atom is -0.451 e. The number of nitrogens with zero attached hydrogens (tertiary/aromatic N) is 1. The van der Waals surface area contributed by atoms with Gasteiger partial charge < -0.3 is 19.4 Å². The van der Waals surface area contributed by atoms with Crippen LogP contribution in [0.5, 0.6) is 0 Å². The number of fused-ring (bicyclic) bond motifs is 1. The molecule has 1 aromatic heterocycles. The Kier molecular flexibility index (Phi) is 5.62. The summed E-state index contributed by atoms with van der Waals surface area (Å²) in [5.41, 5.74) is 3.30. The van der Waals surface area contributed by atoms with Crippen molar-refractivity contribution in [2.75, 3.05) is 18.1 Å². The van der Waals surface area contributed by atoms with Crippen molar-refractivity contribution in [1.82, 2.24) is 5.32 Å². The Morgan fingerprint density at radius 1 is 1.17 bits per heavy atom. The van der Waals surface area contributed by atoms with Crippen molar-refractivity contribution in [3.05, 3.63) is 65.4 Å². The third-order valence-electron chi connectivity index (χ3n) is 5.13. The summed E-state index contributed by atoms with van der Waals surface area (Å²) in [6.07, 6.45) is 1.51. The average molecular weight is 392 g/mol. The van der Waals surface area contributed by atoms with Crippen LogP contribution in [-0.4, -0.2) is 25.0 Å². The summed E-state index contributed by atoms with van der Waals surface area (Å²) in [7, 11) is 0. The summed E-state index contributed by atoms with van der Waals surface area (Å²) in [6, 6.07) is 15.3. The lowest BCUT2D eigenvalue weighted by molar-refractivity contribution is -0.117. The zero-order valence-corrected chi connectivity index (χ0v) is 16.4. The molecular weight excluding hydrogens is 368 g/mol. The molecule has 29 heavy (non-hydrogen) atoms. The fourth-order valence-corrected chi connectivity index (χ4v) is 3.61. The van der Waals surface area contributed by atoms with Gasteiger partial charge in [-0.2, -0.15) is 0 Å². The Balaban J connectivity index is 1.46. The lowest BCUT2D eigenvalue weighted by atomic mass is 10.1. The van der Waals surface area contributed by atoms with E-state index in [-0.39, 0.29) is 11.8 Å². The maximum Gasteiger partial charge on any atom is 0.287 e. The summed E-state index contributed by atoms with van der Waals surface area (Å²) in [4.78, 5) is 26.4. The van der Waals surface area contributed by atoms with E-state index in [1.807, 2.05) is 55.5 Å². The van der Waals surface area contributed by atoms with Gasteiger partial charge in [0.25, 0.3) is 5.91 Å². The Bertz CT molecular complexity index is 1020. The van der Waals surface area contributed by atoms with Crippen molar-refractivity contribution < 1.29 is 18.7 Å². The van der Waals surface area contributed by atoms with Crippen molar-refractivity contribution in [3.63, 3.8) is 0 Å². The van der Waals surface area contributed by atoms with Gasteiger partial charge in [0.05, 0.1) is 6.61 Å². The minimum absolute atomic E-state index is 0.165. The first-order valence-electron chi connectivity index (χ1n) is 9.93. The highest BCUT2D eigenvalue weighted by Gasteiger charge is 2.22. The smallest absolute Gasteiger partial charge is 0.287 e. The Morgan fingerprint density at radius 3 is 2.69 bits per heavy atom. The van der Waals surface area contributed by atoms with Gasteiger partial charge in [0.15, 0.2) is 5.76 Å². The monoisotopic (exact) mass is 392 g/mol. The highest BCUT2D eigenvalue weighted by atomic mass is 16.5. The molecule has 2 heterocycles. The van der Waals surface area contributed by atoms with E-state index in [9.17, 15) is 9.59 Å². The van der Waals surface area contributed by atoms with Gasteiger partial charge in [-0.25, -0.2) is 0 Å². The van der Waals surface area contributed by atoms with E-state index in [1.54, 1.807) is 4.90 Å². The summed E-state index contributed by atoms with van der Waals surface area (Å²) >= 11 is 0. The van der Waals surface area contributed by atoms with Crippen LogP contribution in [0.3, 0.4) is 0 Å². The predicted molar refractivity (Wildman–Crippen MR) is 111 cm³/mol. The summed E-state index contributed by atoms with van der Waals surface area (Å²) in [5.74, 6) is 0.186. The largest absolute Gasteiger partial charge is 0.451 e. The van der Waals surface area contributed by atoms with Gasteiger partial charge in [-0.15, -0.1) is 0 Å². The van der Waals surface area contributed by atoms with Crippen LogP contribution in [-0.2, 0) is 22.7 Å². The van der Waals surface area contributed by atoms with Gasteiger partial charge in [-0.3, -0.25) is 9.59 Å². The normalized spacial score (nSPS) is 14.0. The van der Waals surface area contributed by atoms with E-state index < -0.39 is 0 Å². The van der Waals surface area contributed by atoms with Crippen LogP contribution in [0.2, 0.25) is 0 Å². The number of hydrogen-bond donors (Lipinski definition) is 1. The number of benzene rings is 2. The van der Waals surface area contributed by atoms with Crippen LogP contribution in [0, 0.1) is 0 Å². The number of para-hydroxylation sites is 1. The van der Waals surface area contributed by atoms with Gasteiger partial charge in [0, 0.05) is 42.8 Å². The Labute approximate surface area is 169 Å². The zero-order chi connectivity index (χ0) is 20.2. The van der Waals surface area contributed by atoms with Gasteiger partial charge >= 0.3 is 0 Å². The molecule has 0 bridgehead atoms. The number of carbonyl (C=O) groups excluding carboxylic acids is 2. The number of furan rings is 1. The first-order valence-corrected chi connectivity index (χ1v) is 9.93. The topological polar surface area (TPSA) is 71.8 Å². The van der Waals surface area contributed by atoms with E-state index in [2.05, 4.69) is 5.32 Å².